The van der Waals surface area contributed by atoms with E-state index in [1.54, 1.807) is 0 Å². The van der Waals surface area contributed by atoms with Gasteiger partial charge in [-0.3, -0.25) is 0 Å². The lowest BCUT2D eigenvalue weighted by molar-refractivity contribution is 0.341. The molecule has 0 saturated heterocycles. The number of aliphatic hydroxyl groups excluding tert-OH is 1. The fourth-order valence-corrected chi connectivity index (χ4v) is 6.68. The topological polar surface area (TPSA) is 20.2 Å². The van der Waals surface area contributed by atoms with Crippen molar-refractivity contribution >= 4 is 0 Å². The lowest BCUT2D eigenvalue weighted by Gasteiger charge is -2.04. The molecule has 0 rings (SSSR count). The zero-order valence-electron chi connectivity index (χ0n) is 39.1. The maximum absolute atomic E-state index is 8.99. The maximum atomic E-state index is 8.99. The van der Waals surface area contributed by atoms with E-state index in [-0.39, 0.29) is 6.61 Å². The molecule has 0 saturated carbocycles. The highest BCUT2D eigenvalue weighted by molar-refractivity contribution is 5.11. The van der Waals surface area contributed by atoms with E-state index in [1.165, 1.54) is 119 Å². The molecule has 0 radical (unpaired) electrons. The molecule has 0 aromatic carbocycles. The van der Waals surface area contributed by atoms with Gasteiger partial charge < -0.3 is 5.11 Å². The molecular weight excluding hydrogens is 677 g/mol. The van der Waals surface area contributed by atoms with E-state index in [2.05, 4.69) is 144 Å². The summed E-state index contributed by atoms with van der Waals surface area (Å²) in [5.41, 5.74) is 16.4. The molecule has 0 aromatic rings. The average Bonchev–Trinajstić information content (AvgIpc) is 3.11. The first-order chi connectivity index (χ1) is 26.7. The van der Waals surface area contributed by atoms with Gasteiger partial charge in [0.25, 0.3) is 0 Å². The van der Waals surface area contributed by atoms with Crippen LogP contribution in [0, 0.1) is 0 Å². The van der Waals surface area contributed by atoms with Crippen LogP contribution in [0.4, 0.5) is 0 Å². The van der Waals surface area contributed by atoms with Crippen molar-refractivity contribution < 1.29 is 5.11 Å². The monoisotopic (exact) mass is 767 g/mol. The second kappa shape index (κ2) is 35.3. The van der Waals surface area contributed by atoms with Crippen molar-refractivity contribution in [2.45, 2.75) is 212 Å². The molecule has 0 aliphatic rings. The second-order valence-electron chi connectivity index (χ2n) is 17.4. The van der Waals surface area contributed by atoms with Crippen LogP contribution in [0.15, 0.2) is 128 Å². The maximum Gasteiger partial charge on any atom is 0.0614 e. The highest BCUT2D eigenvalue weighted by Crippen LogP contribution is 2.18. The van der Waals surface area contributed by atoms with Crippen molar-refractivity contribution in [2.75, 3.05) is 6.61 Å². The minimum absolute atomic E-state index is 0.149. The Morgan fingerprint density at radius 3 is 0.518 bits per heavy atom. The third-order valence-corrected chi connectivity index (χ3v) is 10.8. The molecule has 1 heteroatoms. The highest BCUT2D eigenvalue weighted by Gasteiger charge is 1.98. The summed E-state index contributed by atoms with van der Waals surface area (Å²) in [4.78, 5) is 0. The Labute approximate surface area is 350 Å². The summed E-state index contributed by atoms with van der Waals surface area (Å²) in [6, 6.07) is 0. The van der Waals surface area contributed by atoms with Crippen LogP contribution in [0.3, 0.4) is 0 Å². The summed E-state index contributed by atoms with van der Waals surface area (Å²) in [7, 11) is 0. The fraction of sp³-hybridized carbons (Fsp3) is 0.600. The molecule has 0 heterocycles. The molecule has 0 aliphatic carbocycles. The van der Waals surface area contributed by atoms with Gasteiger partial charge in [0.2, 0.25) is 0 Å². The molecule has 0 fully saturated rings. The molecule has 0 aliphatic heterocycles. The van der Waals surface area contributed by atoms with E-state index in [4.69, 9.17) is 5.11 Å². The predicted molar refractivity (Wildman–Crippen MR) is 256 cm³/mol. The van der Waals surface area contributed by atoms with Crippen LogP contribution in [0.25, 0.3) is 0 Å². The van der Waals surface area contributed by atoms with Crippen LogP contribution < -0.4 is 0 Å². The minimum Gasteiger partial charge on any atom is -0.392 e. The third-order valence-electron chi connectivity index (χ3n) is 10.8. The molecule has 0 aromatic heterocycles. The van der Waals surface area contributed by atoms with Gasteiger partial charge in [0.1, 0.15) is 0 Å². The quantitative estimate of drug-likeness (QED) is 0.0697. The molecule has 316 valence electrons. The van der Waals surface area contributed by atoms with Crippen LogP contribution in [0.5, 0.6) is 0 Å². The van der Waals surface area contributed by atoms with Gasteiger partial charge in [-0.2, -0.15) is 0 Å². The summed E-state index contributed by atoms with van der Waals surface area (Å²) in [6.07, 6.45) is 49.3. The van der Waals surface area contributed by atoms with Crippen LogP contribution in [-0.2, 0) is 0 Å². The molecule has 0 atom stereocenters. The van der Waals surface area contributed by atoms with E-state index < -0.39 is 0 Å². The molecule has 0 bridgehead atoms. The van der Waals surface area contributed by atoms with E-state index in [1.807, 2.05) is 6.08 Å². The summed E-state index contributed by atoms with van der Waals surface area (Å²) < 4.78 is 0. The summed E-state index contributed by atoms with van der Waals surface area (Å²) in [5, 5.41) is 8.99. The Bertz CT molecular complexity index is 1410. The zero-order chi connectivity index (χ0) is 42.0. The number of allylic oxidation sites excluding steroid dienone is 21. The summed E-state index contributed by atoms with van der Waals surface area (Å²) >= 11 is 0. The van der Waals surface area contributed by atoms with Crippen molar-refractivity contribution in [3.63, 3.8) is 0 Å². The molecule has 0 spiro atoms. The van der Waals surface area contributed by atoms with E-state index in [0.717, 1.165) is 70.6 Å². The molecule has 56 heavy (non-hydrogen) atoms. The Morgan fingerprint density at radius 2 is 0.375 bits per heavy atom. The van der Waals surface area contributed by atoms with Crippen LogP contribution in [0.2, 0.25) is 0 Å². The standard InChI is InChI=1S/C55H90O/c1-45(2)23-13-24-46(3)25-14-26-47(4)27-15-28-48(5)29-16-30-49(6)31-17-32-50(7)33-18-34-51(8)35-19-36-52(9)37-20-38-53(10)39-21-40-54(11)41-22-42-55(12)43-44-56/h23,25,27,29,31,33,35,37,39,41,43,56H,13-22,24,26,28,30,32,34,36,38,40,42,44H2,1-12H3/b46-25+,47-27+,48-29-,49-31-,50-33-,51-35-,52-37-,53-39-,54-41-,55-43-. The van der Waals surface area contributed by atoms with Gasteiger partial charge in [-0.1, -0.05) is 128 Å². The largest absolute Gasteiger partial charge is 0.392 e. The number of hydrogen-bond donors (Lipinski definition) is 1. The second-order valence-corrected chi connectivity index (χ2v) is 17.4. The normalized spacial score (nSPS) is 14.9. The van der Waals surface area contributed by atoms with Gasteiger partial charge in [0.05, 0.1) is 6.61 Å². The molecule has 0 amide bonds. The first-order valence-corrected chi connectivity index (χ1v) is 22.5. The zero-order valence-corrected chi connectivity index (χ0v) is 39.1. The van der Waals surface area contributed by atoms with Crippen LogP contribution >= 0.6 is 0 Å². The highest BCUT2D eigenvalue weighted by atomic mass is 16.2. The Balaban J connectivity index is 4.26. The smallest absolute Gasteiger partial charge is 0.0614 e. The van der Waals surface area contributed by atoms with Gasteiger partial charge in [0, 0.05) is 0 Å². The molecule has 1 nitrogen and oxygen atoms in total. The third kappa shape index (κ3) is 35.5. The Kier molecular flexibility index (Phi) is 33.5. The lowest BCUT2D eigenvalue weighted by Crippen LogP contribution is -1.84. The average molecular weight is 767 g/mol. The lowest BCUT2D eigenvalue weighted by atomic mass is 10.0. The van der Waals surface area contributed by atoms with Crippen LogP contribution in [-0.4, -0.2) is 11.7 Å². The number of aliphatic hydroxyl groups is 1. The first kappa shape index (κ1) is 53.1. The molecule has 1 N–H and O–H groups in total. The van der Waals surface area contributed by atoms with Crippen molar-refractivity contribution in [1.82, 2.24) is 0 Å². The van der Waals surface area contributed by atoms with Gasteiger partial charge in [-0.25, -0.2) is 0 Å². The SMILES string of the molecule is CC(C)=CCC/C(C)=C/CC/C(C)=C/CC/C(C)=C\CC/C(C)=C\CC/C(C)=C\CC/C(C)=C\CC/C(C)=C\CC/C(C)=C\CC/C(C)=C\CC/C(C)=C\CO. The number of rotatable bonds is 31. The number of hydrogen-bond acceptors (Lipinski definition) is 1. The van der Waals surface area contributed by atoms with E-state index >= 15 is 0 Å². The van der Waals surface area contributed by atoms with Crippen LogP contribution in [0.1, 0.15) is 212 Å². The van der Waals surface area contributed by atoms with Crippen molar-refractivity contribution in [1.29, 1.82) is 0 Å². The summed E-state index contributed by atoms with van der Waals surface area (Å²) in [5.74, 6) is 0. The molecular formula is C55H90O. The first-order valence-electron chi connectivity index (χ1n) is 22.5. The van der Waals surface area contributed by atoms with Gasteiger partial charge in [-0.15, -0.1) is 0 Å². The van der Waals surface area contributed by atoms with E-state index in [0.29, 0.717) is 0 Å². The van der Waals surface area contributed by atoms with Gasteiger partial charge in [0.15, 0.2) is 0 Å². The van der Waals surface area contributed by atoms with Crippen molar-refractivity contribution in [3.05, 3.63) is 128 Å². The molecule has 0 unspecified atom stereocenters. The minimum atomic E-state index is 0.149. The summed E-state index contributed by atoms with van der Waals surface area (Å²) in [6.45, 7) is 27.2. The van der Waals surface area contributed by atoms with E-state index in [9.17, 15) is 0 Å². The Hall–Kier alpha value is -2.90. The van der Waals surface area contributed by atoms with Gasteiger partial charge in [-0.05, 0) is 212 Å². The van der Waals surface area contributed by atoms with Crippen molar-refractivity contribution in [2.24, 2.45) is 0 Å². The van der Waals surface area contributed by atoms with Crippen molar-refractivity contribution in [3.8, 4) is 0 Å². The Morgan fingerprint density at radius 1 is 0.232 bits per heavy atom. The fourth-order valence-electron chi connectivity index (χ4n) is 6.68. The van der Waals surface area contributed by atoms with Gasteiger partial charge >= 0.3 is 0 Å². The predicted octanol–water partition coefficient (Wildman–Crippen LogP) is 18.2.